The van der Waals surface area contributed by atoms with E-state index in [1.165, 1.54) is 16.7 Å². The smallest absolute Gasteiger partial charge is 0.123 e. The Morgan fingerprint density at radius 3 is 2.30 bits per heavy atom. The minimum Gasteiger partial charge on any atom is -0.490 e. The molecule has 0 bridgehead atoms. The number of hydrogen-bond acceptors (Lipinski definition) is 2. The third-order valence-corrected chi connectivity index (χ3v) is 4.24. The molecule has 0 spiro atoms. The fourth-order valence-corrected chi connectivity index (χ4v) is 2.70. The summed E-state index contributed by atoms with van der Waals surface area (Å²) in [5.74, 6) is 1.44. The van der Waals surface area contributed by atoms with Crippen LogP contribution in [0.25, 0.3) is 11.1 Å². The predicted molar refractivity (Wildman–Crippen MR) is 81.0 cm³/mol. The van der Waals surface area contributed by atoms with E-state index in [2.05, 4.69) is 44.2 Å². The van der Waals surface area contributed by atoms with Crippen molar-refractivity contribution in [1.29, 1.82) is 0 Å². The average molecular weight is 268 g/mol. The molecule has 0 amide bonds. The molecule has 20 heavy (non-hydrogen) atoms. The van der Waals surface area contributed by atoms with Crippen LogP contribution < -0.4 is 4.74 Å². The van der Waals surface area contributed by atoms with Crippen molar-refractivity contribution >= 4 is 0 Å². The maximum atomic E-state index is 9.56. The second-order valence-corrected chi connectivity index (χ2v) is 5.66. The van der Waals surface area contributed by atoms with E-state index in [-0.39, 0.29) is 6.10 Å². The first-order chi connectivity index (χ1) is 9.56. The van der Waals surface area contributed by atoms with Crippen molar-refractivity contribution in [3.63, 3.8) is 0 Å². The number of ether oxygens (including phenoxy) is 1. The van der Waals surface area contributed by atoms with Gasteiger partial charge in [-0.3, -0.25) is 0 Å². The molecule has 0 saturated carbocycles. The summed E-state index contributed by atoms with van der Waals surface area (Å²) in [7, 11) is 0. The van der Waals surface area contributed by atoms with Crippen LogP contribution in [0.2, 0.25) is 0 Å². The first kappa shape index (κ1) is 13.2. The highest BCUT2D eigenvalue weighted by molar-refractivity contribution is 5.67. The van der Waals surface area contributed by atoms with Crippen molar-refractivity contribution < 1.29 is 9.84 Å². The Balaban J connectivity index is 1.96. The Kier molecular flexibility index (Phi) is 3.27. The van der Waals surface area contributed by atoms with Gasteiger partial charge in [0.2, 0.25) is 0 Å². The third-order valence-electron chi connectivity index (χ3n) is 4.24. The zero-order valence-corrected chi connectivity index (χ0v) is 12.1. The zero-order valence-electron chi connectivity index (χ0n) is 12.1. The maximum Gasteiger partial charge on any atom is 0.123 e. The molecular weight excluding hydrogens is 248 g/mol. The lowest BCUT2D eigenvalue weighted by Crippen LogP contribution is -2.10. The van der Waals surface area contributed by atoms with Crippen LogP contribution in [0.4, 0.5) is 0 Å². The van der Waals surface area contributed by atoms with E-state index in [0.29, 0.717) is 5.92 Å². The lowest BCUT2D eigenvalue weighted by molar-refractivity contribution is 0.199. The first-order valence-corrected chi connectivity index (χ1v) is 7.15. The van der Waals surface area contributed by atoms with Gasteiger partial charge < -0.3 is 9.84 Å². The van der Waals surface area contributed by atoms with Crippen LogP contribution in [0.1, 0.15) is 43.9 Å². The molecule has 1 aliphatic heterocycles. The van der Waals surface area contributed by atoms with Crippen LogP contribution in [0.5, 0.6) is 5.75 Å². The van der Waals surface area contributed by atoms with E-state index in [1.54, 1.807) is 6.92 Å². The molecule has 2 nitrogen and oxygen atoms in total. The Labute approximate surface area is 120 Å². The van der Waals surface area contributed by atoms with Crippen LogP contribution in [0.3, 0.4) is 0 Å². The number of benzene rings is 2. The molecule has 2 heteroatoms. The summed E-state index contributed by atoms with van der Waals surface area (Å²) in [5, 5.41) is 9.56. The molecule has 3 unspecified atom stereocenters. The minimum atomic E-state index is -0.418. The number of aliphatic hydroxyl groups is 1. The average Bonchev–Trinajstić information content (AvgIpc) is 2.74. The Bertz CT molecular complexity index is 614. The summed E-state index contributed by atoms with van der Waals surface area (Å²) < 4.78 is 5.83. The van der Waals surface area contributed by atoms with Gasteiger partial charge in [0.25, 0.3) is 0 Å². The van der Waals surface area contributed by atoms with Crippen LogP contribution in [-0.2, 0) is 0 Å². The second kappa shape index (κ2) is 4.95. The molecule has 1 aliphatic rings. The molecule has 104 valence electrons. The molecule has 0 aliphatic carbocycles. The molecule has 3 rings (SSSR count). The molecule has 1 heterocycles. The maximum absolute atomic E-state index is 9.56. The highest BCUT2D eigenvalue weighted by Crippen LogP contribution is 2.40. The molecule has 2 aromatic rings. The summed E-state index contributed by atoms with van der Waals surface area (Å²) in [6, 6.07) is 14.5. The number of hydrogen-bond donors (Lipinski definition) is 1. The van der Waals surface area contributed by atoms with E-state index < -0.39 is 6.10 Å². The van der Waals surface area contributed by atoms with Crippen molar-refractivity contribution in [2.75, 3.05) is 0 Å². The SMILES string of the molecule is CC(O)c1ccc(-c2ccc3c(c2)C(C)C(C)O3)cc1. The topological polar surface area (TPSA) is 29.5 Å². The largest absolute Gasteiger partial charge is 0.490 e. The van der Waals surface area contributed by atoms with Gasteiger partial charge in [-0.1, -0.05) is 37.3 Å². The highest BCUT2D eigenvalue weighted by atomic mass is 16.5. The van der Waals surface area contributed by atoms with Gasteiger partial charge in [0.15, 0.2) is 0 Å². The predicted octanol–water partition coefficient (Wildman–Crippen LogP) is 4.29. The van der Waals surface area contributed by atoms with Gasteiger partial charge in [0.1, 0.15) is 11.9 Å². The molecule has 2 aromatic carbocycles. The van der Waals surface area contributed by atoms with E-state index in [0.717, 1.165) is 11.3 Å². The quantitative estimate of drug-likeness (QED) is 0.880. The molecule has 1 N–H and O–H groups in total. The second-order valence-electron chi connectivity index (χ2n) is 5.66. The van der Waals surface area contributed by atoms with Crippen molar-refractivity contribution in [2.24, 2.45) is 0 Å². The lowest BCUT2D eigenvalue weighted by Gasteiger charge is -2.09. The van der Waals surface area contributed by atoms with Crippen molar-refractivity contribution in [1.82, 2.24) is 0 Å². The number of aliphatic hydroxyl groups excluding tert-OH is 1. The summed E-state index contributed by atoms with van der Waals surface area (Å²) in [4.78, 5) is 0. The molecule has 0 aromatic heterocycles. The summed E-state index contributed by atoms with van der Waals surface area (Å²) in [6.45, 7) is 6.10. The van der Waals surface area contributed by atoms with E-state index >= 15 is 0 Å². The molecular formula is C18H20O2. The Morgan fingerprint density at radius 2 is 1.65 bits per heavy atom. The van der Waals surface area contributed by atoms with E-state index in [4.69, 9.17) is 4.74 Å². The van der Waals surface area contributed by atoms with Crippen molar-refractivity contribution in [2.45, 2.75) is 38.9 Å². The fourth-order valence-electron chi connectivity index (χ4n) is 2.70. The van der Waals surface area contributed by atoms with Crippen LogP contribution in [0, 0.1) is 0 Å². The summed E-state index contributed by atoms with van der Waals surface area (Å²) in [5.41, 5.74) is 4.60. The van der Waals surface area contributed by atoms with Crippen molar-refractivity contribution in [3.8, 4) is 16.9 Å². The first-order valence-electron chi connectivity index (χ1n) is 7.15. The highest BCUT2D eigenvalue weighted by Gasteiger charge is 2.27. The molecule has 0 fully saturated rings. The zero-order chi connectivity index (χ0) is 14.3. The van der Waals surface area contributed by atoms with Gasteiger partial charge in [-0.2, -0.15) is 0 Å². The van der Waals surface area contributed by atoms with Gasteiger partial charge >= 0.3 is 0 Å². The molecule has 0 saturated heterocycles. The van der Waals surface area contributed by atoms with E-state index in [9.17, 15) is 5.11 Å². The van der Waals surface area contributed by atoms with Crippen LogP contribution in [-0.4, -0.2) is 11.2 Å². The van der Waals surface area contributed by atoms with Gasteiger partial charge in [0, 0.05) is 11.5 Å². The minimum absolute atomic E-state index is 0.248. The van der Waals surface area contributed by atoms with Crippen molar-refractivity contribution in [3.05, 3.63) is 53.6 Å². The third kappa shape index (κ3) is 2.20. The molecule has 0 radical (unpaired) electrons. The fraction of sp³-hybridized carbons (Fsp3) is 0.333. The Morgan fingerprint density at radius 1 is 1.00 bits per heavy atom. The standard InChI is InChI=1S/C18H20O2/c1-11-13(3)20-18-9-8-16(10-17(11)18)15-6-4-14(5-7-15)12(2)19/h4-13,19H,1-3H3. The number of fused-ring (bicyclic) bond motifs is 1. The summed E-state index contributed by atoms with van der Waals surface area (Å²) in [6.07, 6.45) is -0.170. The molecule has 3 atom stereocenters. The Hall–Kier alpha value is -1.80. The number of rotatable bonds is 2. The lowest BCUT2D eigenvalue weighted by atomic mass is 9.94. The monoisotopic (exact) mass is 268 g/mol. The summed E-state index contributed by atoms with van der Waals surface area (Å²) >= 11 is 0. The van der Waals surface area contributed by atoms with Crippen LogP contribution >= 0.6 is 0 Å². The van der Waals surface area contributed by atoms with Gasteiger partial charge in [-0.05, 0) is 42.7 Å². The van der Waals surface area contributed by atoms with Gasteiger partial charge in [-0.25, -0.2) is 0 Å². The van der Waals surface area contributed by atoms with E-state index in [1.807, 2.05) is 12.1 Å². The normalized spacial score (nSPS) is 22.2. The van der Waals surface area contributed by atoms with Gasteiger partial charge in [-0.15, -0.1) is 0 Å². The van der Waals surface area contributed by atoms with Crippen LogP contribution in [0.15, 0.2) is 42.5 Å². The van der Waals surface area contributed by atoms with Gasteiger partial charge in [0.05, 0.1) is 6.10 Å².